The lowest BCUT2D eigenvalue weighted by molar-refractivity contribution is -0.174. The van der Waals surface area contributed by atoms with Crippen molar-refractivity contribution in [2.45, 2.75) is 69.6 Å². The SMILES string of the molecule is CC(C)N1CC(C(=O)N2CCN(C3(CNC(=O)C(F)(F)F)CCCCC3)CC2)[C@H](c2ccc(Cl)cc2)C1. The van der Waals surface area contributed by atoms with Crippen molar-refractivity contribution in [2.24, 2.45) is 5.92 Å². The van der Waals surface area contributed by atoms with Gasteiger partial charge in [0.2, 0.25) is 5.91 Å². The third-order valence-corrected chi connectivity index (χ3v) is 8.83. The van der Waals surface area contributed by atoms with Crippen molar-refractivity contribution < 1.29 is 22.8 Å². The second-order valence-electron chi connectivity index (χ2n) is 11.1. The number of likely N-dealkylation sites (tertiary alicyclic amines) is 1. The van der Waals surface area contributed by atoms with E-state index in [-0.39, 0.29) is 24.3 Å². The molecule has 1 aromatic rings. The van der Waals surface area contributed by atoms with Crippen LogP contribution in [-0.4, -0.2) is 90.1 Å². The Morgan fingerprint density at radius 1 is 1.03 bits per heavy atom. The fourth-order valence-electron chi connectivity index (χ4n) is 6.35. The molecule has 0 radical (unpaired) electrons. The summed E-state index contributed by atoms with van der Waals surface area (Å²) in [4.78, 5) is 31.8. The number of piperazine rings is 1. The van der Waals surface area contributed by atoms with Gasteiger partial charge in [0, 0.05) is 68.3 Å². The summed E-state index contributed by atoms with van der Waals surface area (Å²) in [7, 11) is 0. The van der Waals surface area contributed by atoms with Crippen molar-refractivity contribution in [1.29, 1.82) is 0 Å². The summed E-state index contributed by atoms with van der Waals surface area (Å²) in [6, 6.07) is 8.10. The molecular formula is C27H38ClF3N4O2. The Kier molecular flexibility index (Phi) is 8.75. The maximum absolute atomic E-state index is 13.8. The first-order chi connectivity index (χ1) is 17.5. The Hall–Kier alpha value is -1.84. The van der Waals surface area contributed by atoms with Gasteiger partial charge in [0.1, 0.15) is 0 Å². The first kappa shape index (κ1) is 28.2. The van der Waals surface area contributed by atoms with Crippen LogP contribution in [0.25, 0.3) is 0 Å². The summed E-state index contributed by atoms with van der Waals surface area (Å²) in [5, 5.41) is 2.82. The Morgan fingerprint density at radius 2 is 1.65 bits per heavy atom. The molecule has 0 bridgehead atoms. The minimum atomic E-state index is -4.88. The molecule has 3 fully saturated rings. The molecule has 1 aromatic carbocycles. The third-order valence-electron chi connectivity index (χ3n) is 8.58. The average molecular weight is 543 g/mol. The maximum atomic E-state index is 13.8. The molecule has 2 heterocycles. The first-order valence-electron chi connectivity index (χ1n) is 13.4. The Morgan fingerprint density at radius 3 is 2.22 bits per heavy atom. The molecule has 2 aliphatic heterocycles. The molecule has 1 saturated carbocycles. The van der Waals surface area contributed by atoms with E-state index in [9.17, 15) is 22.8 Å². The molecule has 206 valence electrons. The van der Waals surface area contributed by atoms with Crippen LogP contribution in [0.1, 0.15) is 57.4 Å². The Labute approximate surface area is 222 Å². The van der Waals surface area contributed by atoms with Crippen molar-refractivity contribution >= 4 is 23.4 Å². The van der Waals surface area contributed by atoms with E-state index < -0.39 is 17.6 Å². The zero-order chi connectivity index (χ0) is 26.8. The minimum absolute atomic E-state index is 0.0100. The van der Waals surface area contributed by atoms with Crippen molar-refractivity contribution in [2.75, 3.05) is 45.8 Å². The molecule has 2 atom stereocenters. The van der Waals surface area contributed by atoms with Crippen molar-refractivity contribution in [3.8, 4) is 0 Å². The fraction of sp³-hybridized carbons (Fsp3) is 0.704. The van der Waals surface area contributed by atoms with E-state index in [1.807, 2.05) is 29.2 Å². The Bertz CT molecular complexity index is 942. The van der Waals surface area contributed by atoms with E-state index in [0.29, 0.717) is 43.8 Å². The standard InChI is InChI=1S/C27H38ClF3N4O2/c1-19(2)34-16-22(20-6-8-21(28)9-7-20)23(17-34)24(36)33-12-14-35(15-13-33)26(10-4-3-5-11-26)18-32-25(37)27(29,30)31/h6-9,19,22-23H,3-5,10-18H2,1-2H3,(H,32,37)/t22-,23?/m0/s1. The highest BCUT2D eigenvalue weighted by Crippen LogP contribution is 2.37. The lowest BCUT2D eigenvalue weighted by Gasteiger charge is -2.50. The third kappa shape index (κ3) is 6.42. The highest BCUT2D eigenvalue weighted by Gasteiger charge is 2.45. The van der Waals surface area contributed by atoms with Crippen LogP contribution in [-0.2, 0) is 9.59 Å². The van der Waals surface area contributed by atoms with Crippen LogP contribution >= 0.6 is 11.6 Å². The van der Waals surface area contributed by atoms with Gasteiger partial charge < -0.3 is 10.2 Å². The van der Waals surface area contributed by atoms with Crippen LogP contribution in [0.15, 0.2) is 24.3 Å². The molecule has 1 aliphatic carbocycles. The lowest BCUT2D eigenvalue weighted by Crippen LogP contribution is -2.63. The van der Waals surface area contributed by atoms with E-state index >= 15 is 0 Å². The predicted molar refractivity (Wildman–Crippen MR) is 137 cm³/mol. The van der Waals surface area contributed by atoms with Gasteiger partial charge in [-0.25, -0.2) is 0 Å². The van der Waals surface area contributed by atoms with Gasteiger partial charge in [-0.1, -0.05) is 43.0 Å². The number of hydrogen-bond acceptors (Lipinski definition) is 4. The largest absolute Gasteiger partial charge is 0.471 e. The molecular weight excluding hydrogens is 505 g/mol. The van der Waals surface area contributed by atoms with Crippen molar-refractivity contribution in [1.82, 2.24) is 20.0 Å². The number of rotatable bonds is 6. The molecule has 2 saturated heterocycles. The molecule has 0 spiro atoms. The van der Waals surface area contributed by atoms with E-state index in [2.05, 4.69) is 29.0 Å². The normalized spacial score (nSPS) is 25.4. The van der Waals surface area contributed by atoms with Gasteiger partial charge in [0.25, 0.3) is 0 Å². The molecule has 10 heteroatoms. The molecule has 3 aliphatic rings. The number of hydrogen-bond donors (Lipinski definition) is 1. The molecule has 37 heavy (non-hydrogen) atoms. The molecule has 1 unspecified atom stereocenters. The van der Waals surface area contributed by atoms with Crippen LogP contribution in [0.2, 0.25) is 5.02 Å². The molecule has 0 aromatic heterocycles. The van der Waals surface area contributed by atoms with Gasteiger partial charge in [-0.3, -0.25) is 19.4 Å². The van der Waals surface area contributed by atoms with E-state index in [1.165, 1.54) is 0 Å². The molecule has 2 amide bonds. The number of amides is 2. The van der Waals surface area contributed by atoms with Crippen LogP contribution in [0.4, 0.5) is 13.2 Å². The quantitative estimate of drug-likeness (QED) is 0.583. The second-order valence-corrected chi connectivity index (χ2v) is 11.5. The van der Waals surface area contributed by atoms with Crippen molar-refractivity contribution in [3.63, 3.8) is 0 Å². The van der Waals surface area contributed by atoms with Crippen molar-refractivity contribution in [3.05, 3.63) is 34.9 Å². The van der Waals surface area contributed by atoms with Crippen LogP contribution in [0, 0.1) is 5.92 Å². The summed E-state index contributed by atoms with van der Waals surface area (Å²) in [5.74, 6) is -1.79. The second kappa shape index (κ2) is 11.5. The van der Waals surface area contributed by atoms with Gasteiger partial charge in [0.15, 0.2) is 0 Å². The monoisotopic (exact) mass is 542 g/mol. The molecule has 4 rings (SSSR count). The van der Waals surface area contributed by atoms with E-state index in [4.69, 9.17) is 11.6 Å². The highest BCUT2D eigenvalue weighted by molar-refractivity contribution is 6.30. The van der Waals surface area contributed by atoms with E-state index in [0.717, 1.165) is 44.2 Å². The summed E-state index contributed by atoms with van der Waals surface area (Å²) in [5.41, 5.74) is 0.633. The number of halogens is 4. The number of carbonyl (C=O) groups is 2. The van der Waals surface area contributed by atoms with Gasteiger partial charge in [-0.05, 0) is 44.4 Å². The number of benzene rings is 1. The van der Waals surface area contributed by atoms with Gasteiger partial charge >= 0.3 is 12.1 Å². The van der Waals surface area contributed by atoms with Gasteiger partial charge in [-0.2, -0.15) is 13.2 Å². The highest BCUT2D eigenvalue weighted by atomic mass is 35.5. The first-order valence-corrected chi connectivity index (χ1v) is 13.8. The van der Waals surface area contributed by atoms with Gasteiger partial charge in [0.05, 0.1) is 5.92 Å². The summed E-state index contributed by atoms with van der Waals surface area (Å²) in [6.07, 6.45) is -0.471. The van der Waals surface area contributed by atoms with E-state index in [1.54, 1.807) is 0 Å². The van der Waals surface area contributed by atoms with Crippen LogP contribution in [0.5, 0.6) is 0 Å². The maximum Gasteiger partial charge on any atom is 0.471 e. The number of carbonyl (C=O) groups excluding carboxylic acids is 2. The summed E-state index contributed by atoms with van der Waals surface area (Å²) >= 11 is 6.10. The number of alkyl halides is 3. The fourth-order valence-corrected chi connectivity index (χ4v) is 6.48. The van der Waals surface area contributed by atoms with Gasteiger partial charge in [-0.15, -0.1) is 0 Å². The summed E-state index contributed by atoms with van der Waals surface area (Å²) < 4.78 is 38.5. The predicted octanol–water partition coefficient (Wildman–Crippen LogP) is 4.29. The topological polar surface area (TPSA) is 55.9 Å². The Balaban J connectivity index is 1.43. The van der Waals surface area contributed by atoms with Crippen LogP contribution < -0.4 is 5.32 Å². The average Bonchev–Trinajstić information content (AvgIpc) is 3.33. The minimum Gasteiger partial charge on any atom is -0.346 e. The molecule has 6 nitrogen and oxygen atoms in total. The number of nitrogens with one attached hydrogen (secondary N) is 1. The smallest absolute Gasteiger partial charge is 0.346 e. The number of nitrogens with zero attached hydrogens (tertiary/aromatic N) is 3. The lowest BCUT2D eigenvalue weighted by atomic mass is 9.79. The zero-order valence-corrected chi connectivity index (χ0v) is 22.5. The summed E-state index contributed by atoms with van der Waals surface area (Å²) in [6.45, 7) is 8.08. The zero-order valence-electron chi connectivity index (χ0n) is 21.7. The van der Waals surface area contributed by atoms with Crippen LogP contribution in [0.3, 0.4) is 0 Å². The molecule has 1 N–H and O–H groups in total.